The fourth-order valence-corrected chi connectivity index (χ4v) is 2.94. The Bertz CT molecular complexity index is 632. The van der Waals surface area contributed by atoms with Gasteiger partial charge in [-0.25, -0.2) is 4.39 Å². The van der Waals surface area contributed by atoms with Crippen LogP contribution in [0.2, 0.25) is 0 Å². The summed E-state index contributed by atoms with van der Waals surface area (Å²) < 4.78 is 12.8. The van der Waals surface area contributed by atoms with E-state index < -0.39 is 17.7 Å². The highest BCUT2D eigenvalue weighted by molar-refractivity contribution is 5.94. The Morgan fingerprint density at radius 2 is 1.92 bits per heavy atom. The lowest BCUT2D eigenvalue weighted by Gasteiger charge is -2.36. The number of rotatable bonds is 6. The number of carbonyl (C=O) groups excluding carboxylic acids is 2. The van der Waals surface area contributed by atoms with E-state index in [1.54, 1.807) is 4.90 Å². The van der Waals surface area contributed by atoms with Crippen LogP contribution >= 0.6 is 0 Å². The summed E-state index contributed by atoms with van der Waals surface area (Å²) in [7, 11) is 0. The van der Waals surface area contributed by atoms with Gasteiger partial charge in [-0.05, 0) is 50.5 Å². The molecule has 1 aliphatic rings. The summed E-state index contributed by atoms with van der Waals surface area (Å²) in [5.41, 5.74) is 0.363. The number of carboxylic acids is 1. The number of halogens is 1. The second kappa shape index (κ2) is 8.60. The molecule has 0 bridgehead atoms. The van der Waals surface area contributed by atoms with Gasteiger partial charge in [-0.1, -0.05) is 0 Å². The Morgan fingerprint density at radius 1 is 1.24 bits per heavy atom. The van der Waals surface area contributed by atoms with Crippen LogP contribution in [-0.4, -0.2) is 46.9 Å². The summed E-state index contributed by atoms with van der Waals surface area (Å²) in [4.78, 5) is 36.9. The number of hydrogen-bond acceptors (Lipinski definition) is 3. The first-order valence-electron chi connectivity index (χ1n) is 8.44. The predicted octanol–water partition coefficient (Wildman–Crippen LogP) is 2.05. The molecule has 2 rings (SSSR count). The average Bonchev–Trinajstić information content (AvgIpc) is 2.59. The molecule has 6 nitrogen and oxygen atoms in total. The topological polar surface area (TPSA) is 86.7 Å². The molecule has 0 saturated carbocycles. The number of aliphatic carboxylic acids is 1. The van der Waals surface area contributed by atoms with E-state index in [1.807, 2.05) is 6.92 Å². The number of piperidine rings is 1. The Balaban J connectivity index is 1.75. The molecule has 25 heavy (non-hydrogen) atoms. The van der Waals surface area contributed by atoms with Crippen molar-refractivity contribution in [2.45, 2.75) is 38.6 Å². The molecule has 1 heterocycles. The summed E-state index contributed by atoms with van der Waals surface area (Å²) in [6, 6.07) is 5.27. The highest BCUT2D eigenvalue weighted by atomic mass is 19.1. The number of benzene rings is 1. The fraction of sp³-hybridized carbons (Fsp3) is 0.500. The van der Waals surface area contributed by atoms with Gasteiger partial charge in [-0.3, -0.25) is 14.4 Å². The normalized spacial score (nSPS) is 20.2. The molecule has 0 aromatic heterocycles. The van der Waals surface area contributed by atoms with Gasteiger partial charge >= 0.3 is 5.97 Å². The highest BCUT2D eigenvalue weighted by Gasteiger charge is 2.32. The molecule has 7 heteroatoms. The van der Waals surface area contributed by atoms with E-state index in [0.29, 0.717) is 31.4 Å². The lowest BCUT2D eigenvalue weighted by atomic mass is 9.93. The van der Waals surface area contributed by atoms with Gasteiger partial charge in [0.2, 0.25) is 5.91 Å². The van der Waals surface area contributed by atoms with Crippen LogP contribution in [-0.2, 0) is 9.59 Å². The molecular formula is C18H23FN2O4. The van der Waals surface area contributed by atoms with Crippen LogP contribution in [0.1, 0.15) is 43.0 Å². The Kier molecular flexibility index (Phi) is 6.50. The molecule has 2 atom stereocenters. The third kappa shape index (κ3) is 5.27. The molecule has 2 amide bonds. The molecule has 2 unspecified atom stereocenters. The van der Waals surface area contributed by atoms with Crippen LogP contribution in [0.3, 0.4) is 0 Å². The van der Waals surface area contributed by atoms with E-state index in [1.165, 1.54) is 24.3 Å². The maximum Gasteiger partial charge on any atom is 0.308 e. The number of nitrogens with zero attached hydrogens (tertiary/aromatic N) is 1. The predicted molar refractivity (Wildman–Crippen MR) is 89.5 cm³/mol. The van der Waals surface area contributed by atoms with Gasteiger partial charge in [0.15, 0.2) is 0 Å². The van der Waals surface area contributed by atoms with Crippen molar-refractivity contribution in [3.63, 3.8) is 0 Å². The Labute approximate surface area is 146 Å². The average molecular weight is 350 g/mol. The molecule has 0 spiro atoms. The molecule has 0 radical (unpaired) electrons. The van der Waals surface area contributed by atoms with E-state index in [4.69, 9.17) is 5.11 Å². The van der Waals surface area contributed by atoms with E-state index in [0.717, 1.165) is 0 Å². The molecule has 1 aliphatic heterocycles. The first-order valence-corrected chi connectivity index (χ1v) is 8.44. The lowest BCUT2D eigenvalue weighted by Crippen LogP contribution is -2.47. The van der Waals surface area contributed by atoms with Crippen LogP contribution in [0.25, 0.3) is 0 Å². The molecular weight excluding hydrogens is 327 g/mol. The number of hydrogen-bond donors (Lipinski definition) is 2. The standard InChI is InChI=1S/C18H23FN2O4/c1-12-4-5-14(18(24)25)11-21(12)16(22)3-2-10-20-17(23)13-6-8-15(19)9-7-13/h6-9,12,14H,2-5,10-11H2,1H3,(H,20,23)(H,24,25). The molecule has 136 valence electrons. The van der Waals surface area contributed by atoms with Gasteiger partial charge in [0, 0.05) is 31.1 Å². The van der Waals surface area contributed by atoms with Gasteiger partial charge in [0.1, 0.15) is 5.82 Å². The number of likely N-dealkylation sites (tertiary alicyclic amines) is 1. The minimum atomic E-state index is -0.865. The Morgan fingerprint density at radius 3 is 2.56 bits per heavy atom. The summed E-state index contributed by atoms with van der Waals surface area (Å²) in [5, 5.41) is 11.8. The van der Waals surface area contributed by atoms with Crippen molar-refractivity contribution in [2.24, 2.45) is 5.92 Å². The third-order valence-electron chi connectivity index (χ3n) is 4.51. The van der Waals surface area contributed by atoms with Gasteiger partial charge in [-0.15, -0.1) is 0 Å². The molecule has 0 aliphatic carbocycles. The lowest BCUT2D eigenvalue weighted by molar-refractivity contribution is -0.147. The minimum Gasteiger partial charge on any atom is -0.481 e. The molecule has 1 aromatic carbocycles. The maximum atomic E-state index is 12.8. The van der Waals surface area contributed by atoms with Gasteiger partial charge in [0.05, 0.1) is 5.92 Å². The van der Waals surface area contributed by atoms with Crippen LogP contribution in [0.5, 0.6) is 0 Å². The third-order valence-corrected chi connectivity index (χ3v) is 4.51. The van der Waals surface area contributed by atoms with Gasteiger partial charge < -0.3 is 15.3 Å². The summed E-state index contributed by atoms with van der Waals surface area (Å²) in [6.07, 6.45) is 1.99. The molecule has 1 fully saturated rings. The van der Waals surface area contributed by atoms with Crippen molar-refractivity contribution in [1.82, 2.24) is 10.2 Å². The quantitative estimate of drug-likeness (QED) is 0.769. The van der Waals surface area contributed by atoms with E-state index in [-0.39, 0.29) is 30.8 Å². The van der Waals surface area contributed by atoms with Crippen molar-refractivity contribution >= 4 is 17.8 Å². The highest BCUT2D eigenvalue weighted by Crippen LogP contribution is 2.23. The second-order valence-electron chi connectivity index (χ2n) is 6.37. The Hall–Kier alpha value is -2.44. The van der Waals surface area contributed by atoms with E-state index in [2.05, 4.69) is 5.32 Å². The zero-order valence-corrected chi connectivity index (χ0v) is 14.2. The van der Waals surface area contributed by atoms with Crippen molar-refractivity contribution in [3.05, 3.63) is 35.6 Å². The zero-order chi connectivity index (χ0) is 18.4. The van der Waals surface area contributed by atoms with Gasteiger partial charge in [0.25, 0.3) is 5.91 Å². The zero-order valence-electron chi connectivity index (χ0n) is 14.2. The number of amides is 2. The van der Waals surface area contributed by atoms with Crippen molar-refractivity contribution in [2.75, 3.05) is 13.1 Å². The summed E-state index contributed by atoms with van der Waals surface area (Å²) in [5.74, 6) is -2.17. The molecule has 2 N–H and O–H groups in total. The first-order chi connectivity index (χ1) is 11.9. The minimum absolute atomic E-state index is 0.0388. The first kappa shape index (κ1) is 18.9. The van der Waals surface area contributed by atoms with Crippen molar-refractivity contribution < 1.29 is 23.9 Å². The molecule has 1 aromatic rings. The van der Waals surface area contributed by atoms with Crippen molar-refractivity contribution in [3.8, 4) is 0 Å². The van der Waals surface area contributed by atoms with E-state index in [9.17, 15) is 18.8 Å². The smallest absolute Gasteiger partial charge is 0.308 e. The second-order valence-corrected chi connectivity index (χ2v) is 6.37. The van der Waals surface area contributed by atoms with Crippen LogP contribution < -0.4 is 5.32 Å². The van der Waals surface area contributed by atoms with Crippen LogP contribution in [0.15, 0.2) is 24.3 Å². The summed E-state index contributed by atoms with van der Waals surface area (Å²) in [6.45, 7) is 2.50. The largest absolute Gasteiger partial charge is 0.481 e. The fourth-order valence-electron chi connectivity index (χ4n) is 2.94. The SMILES string of the molecule is CC1CCC(C(=O)O)CN1C(=O)CCCNC(=O)c1ccc(F)cc1. The maximum absolute atomic E-state index is 12.8. The van der Waals surface area contributed by atoms with Crippen molar-refractivity contribution in [1.29, 1.82) is 0 Å². The number of nitrogens with one attached hydrogen (secondary N) is 1. The van der Waals surface area contributed by atoms with Gasteiger partial charge in [-0.2, -0.15) is 0 Å². The monoisotopic (exact) mass is 350 g/mol. The number of carboxylic acid groups (broad SMARTS) is 1. The summed E-state index contributed by atoms with van der Waals surface area (Å²) >= 11 is 0. The number of carbonyl (C=O) groups is 3. The van der Waals surface area contributed by atoms with E-state index >= 15 is 0 Å². The molecule has 1 saturated heterocycles. The van der Waals surface area contributed by atoms with Crippen LogP contribution in [0, 0.1) is 11.7 Å². The van der Waals surface area contributed by atoms with Crippen LogP contribution in [0.4, 0.5) is 4.39 Å².